The Morgan fingerprint density at radius 3 is 2.67 bits per heavy atom. The van der Waals surface area contributed by atoms with E-state index in [0.717, 1.165) is 37.8 Å². The summed E-state index contributed by atoms with van der Waals surface area (Å²) in [5.41, 5.74) is 1.38. The number of amides is 1. The van der Waals surface area contributed by atoms with Crippen LogP contribution in [0.3, 0.4) is 0 Å². The Balaban J connectivity index is 1.68. The monoisotopic (exact) mass is 330 g/mol. The van der Waals surface area contributed by atoms with E-state index in [1.807, 2.05) is 12.1 Å². The highest BCUT2D eigenvalue weighted by atomic mass is 16.4. The third kappa shape index (κ3) is 5.83. The topological polar surface area (TPSA) is 97.1 Å². The van der Waals surface area contributed by atoms with Crippen LogP contribution in [0.25, 0.3) is 5.69 Å². The summed E-state index contributed by atoms with van der Waals surface area (Å²) in [4.78, 5) is 26.4. The molecule has 24 heavy (non-hydrogen) atoms. The van der Waals surface area contributed by atoms with Crippen LogP contribution in [0.15, 0.2) is 36.9 Å². The summed E-state index contributed by atoms with van der Waals surface area (Å²) in [6.07, 6.45) is 7.77. The van der Waals surface area contributed by atoms with Crippen molar-refractivity contribution in [2.75, 3.05) is 6.54 Å². The summed E-state index contributed by atoms with van der Waals surface area (Å²) in [6.45, 7) is 0.616. The van der Waals surface area contributed by atoms with Gasteiger partial charge in [0.15, 0.2) is 0 Å². The van der Waals surface area contributed by atoms with Crippen LogP contribution in [0.1, 0.15) is 48.9 Å². The zero-order valence-corrected chi connectivity index (χ0v) is 13.5. The zero-order chi connectivity index (χ0) is 17.2. The van der Waals surface area contributed by atoms with E-state index in [2.05, 4.69) is 15.4 Å². The molecule has 1 heterocycles. The maximum Gasteiger partial charge on any atom is 0.303 e. The van der Waals surface area contributed by atoms with Crippen LogP contribution in [-0.2, 0) is 4.79 Å². The van der Waals surface area contributed by atoms with Crippen LogP contribution in [0.5, 0.6) is 0 Å². The lowest BCUT2D eigenvalue weighted by Crippen LogP contribution is -2.24. The van der Waals surface area contributed by atoms with Crippen molar-refractivity contribution in [2.45, 2.75) is 38.5 Å². The number of rotatable bonds is 10. The molecule has 0 aliphatic rings. The van der Waals surface area contributed by atoms with Gasteiger partial charge in [-0.3, -0.25) is 9.59 Å². The second-order valence-electron chi connectivity index (χ2n) is 5.56. The van der Waals surface area contributed by atoms with Crippen molar-refractivity contribution in [2.24, 2.45) is 0 Å². The molecule has 0 atom stereocenters. The number of aromatic nitrogens is 3. The highest BCUT2D eigenvalue weighted by Gasteiger charge is 2.06. The first-order chi connectivity index (χ1) is 11.7. The SMILES string of the molecule is O=C(O)CCCCCCCNC(=O)c1cccc(-n2cncn2)c1. The van der Waals surface area contributed by atoms with Gasteiger partial charge in [-0.1, -0.05) is 25.3 Å². The van der Waals surface area contributed by atoms with Crippen LogP contribution < -0.4 is 5.32 Å². The quantitative estimate of drug-likeness (QED) is 0.652. The minimum absolute atomic E-state index is 0.108. The van der Waals surface area contributed by atoms with Crippen molar-refractivity contribution in [3.8, 4) is 5.69 Å². The molecule has 0 aliphatic carbocycles. The molecule has 128 valence electrons. The van der Waals surface area contributed by atoms with Gasteiger partial charge in [0, 0.05) is 18.5 Å². The smallest absolute Gasteiger partial charge is 0.303 e. The Labute approximate surface area is 140 Å². The molecular weight excluding hydrogens is 308 g/mol. The number of carboxylic acid groups (broad SMARTS) is 1. The second-order valence-corrected chi connectivity index (χ2v) is 5.56. The van der Waals surface area contributed by atoms with Crippen LogP contribution in [0.4, 0.5) is 0 Å². The molecule has 0 saturated carbocycles. The summed E-state index contributed by atoms with van der Waals surface area (Å²) >= 11 is 0. The molecule has 0 spiro atoms. The molecule has 0 saturated heterocycles. The zero-order valence-electron chi connectivity index (χ0n) is 13.5. The standard InChI is InChI=1S/C17H22N4O3/c22-16(23)9-4-2-1-3-5-10-19-17(24)14-7-6-8-15(11-14)21-13-18-12-20-21/h6-8,11-13H,1-5,9-10H2,(H,19,24)(H,22,23). The normalized spacial score (nSPS) is 10.5. The van der Waals surface area contributed by atoms with E-state index < -0.39 is 5.97 Å². The first kappa shape index (κ1) is 17.7. The van der Waals surface area contributed by atoms with Gasteiger partial charge in [-0.25, -0.2) is 9.67 Å². The Hall–Kier alpha value is -2.70. The highest BCUT2D eigenvalue weighted by Crippen LogP contribution is 2.09. The van der Waals surface area contributed by atoms with Gasteiger partial charge in [-0.15, -0.1) is 0 Å². The summed E-state index contributed by atoms with van der Waals surface area (Å²) in [7, 11) is 0. The van der Waals surface area contributed by atoms with Crippen LogP contribution in [0, 0.1) is 0 Å². The maximum atomic E-state index is 12.2. The molecule has 1 aromatic heterocycles. The van der Waals surface area contributed by atoms with E-state index >= 15 is 0 Å². The maximum absolute atomic E-state index is 12.2. The van der Waals surface area contributed by atoms with E-state index in [-0.39, 0.29) is 12.3 Å². The molecule has 0 bridgehead atoms. The summed E-state index contributed by atoms with van der Waals surface area (Å²) in [6, 6.07) is 7.22. The highest BCUT2D eigenvalue weighted by molar-refractivity contribution is 5.94. The molecule has 2 rings (SSSR count). The summed E-state index contributed by atoms with van der Waals surface area (Å²) in [5, 5.41) is 15.5. The molecule has 1 aromatic carbocycles. The fourth-order valence-corrected chi connectivity index (χ4v) is 2.37. The molecule has 7 nitrogen and oxygen atoms in total. The molecule has 0 radical (unpaired) electrons. The average molecular weight is 330 g/mol. The lowest BCUT2D eigenvalue weighted by atomic mass is 10.1. The van der Waals surface area contributed by atoms with E-state index in [1.165, 1.54) is 6.33 Å². The van der Waals surface area contributed by atoms with Gasteiger partial charge in [0.1, 0.15) is 12.7 Å². The van der Waals surface area contributed by atoms with Gasteiger partial charge in [-0.05, 0) is 31.0 Å². The molecule has 2 aromatic rings. The lowest BCUT2D eigenvalue weighted by Gasteiger charge is -2.07. The predicted molar refractivity (Wildman–Crippen MR) is 89.0 cm³/mol. The van der Waals surface area contributed by atoms with Crippen molar-refractivity contribution in [3.05, 3.63) is 42.5 Å². The number of unbranched alkanes of at least 4 members (excludes halogenated alkanes) is 4. The number of carboxylic acids is 1. The Morgan fingerprint density at radius 2 is 1.92 bits per heavy atom. The molecular formula is C17H22N4O3. The fraction of sp³-hybridized carbons (Fsp3) is 0.412. The fourth-order valence-electron chi connectivity index (χ4n) is 2.37. The first-order valence-electron chi connectivity index (χ1n) is 8.12. The third-order valence-corrected chi connectivity index (χ3v) is 3.64. The number of hydrogen-bond donors (Lipinski definition) is 2. The number of aliphatic carboxylic acids is 1. The van der Waals surface area contributed by atoms with Crippen molar-refractivity contribution in [1.82, 2.24) is 20.1 Å². The number of carbonyl (C=O) groups excluding carboxylic acids is 1. The number of carbonyl (C=O) groups is 2. The van der Waals surface area contributed by atoms with E-state index in [1.54, 1.807) is 23.1 Å². The Kier molecular flexibility index (Phi) is 6.94. The Morgan fingerprint density at radius 1 is 1.12 bits per heavy atom. The summed E-state index contributed by atoms with van der Waals surface area (Å²) < 4.78 is 1.61. The molecule has 0 unspecified atom stereocenters. The van der Waals surface area contributed by atoms with E-state index in [4.69, 9.17) is 5.11 Å². The number of hydrogen-bond acceptors (Lipinski definition) is 4. The minimum Gasteiger partial charge on any atom is -0.481 e. The van der Waals surface area contributed by atoms with Gasteiger partial charge in [0.2, 0.25) is 0 Å². The molecule has 0 fully saturated rings. The van der Waals surface area contributed by atoms with Crippen LogP contribution in [0.2, 0.25) is 0 Å². The van der Waals surface area contributed by atoms with Crippen molar-refractivity contribution < 1.29 is 14.7 Å². The van der Waals surface area contributed by atoms with Gasteiger partial charge in [-0.2, -0.15) is 5.10 Å². The predicted octanol–water partition coefficient (Wildman–Crippen LogP) is 2.42. The van der Waals surface area contributed by atoms with E-state index in [0.29, 0.717) is 12.1 Å². The molecule has 7 heteroatoms. The third-order valence-electron chi connectivity index (χ3n) is 3.64. The minimum atomic E-state index is -0.740. The molecule has 0 aliphatic heterocycles. The molecule has 2 N–H and O–H groups in total. The largest absolute Gasteiger partial charge is 0.481 e. The number of nitrogens with zero attached hydrogens (tertiary/aromatic N) is 3. The second kappa shape index (κ2) is 9.44. The van der Waals surface area contributed by atoms with Gasteiger partial charge >= 0.3 is 5.97 Å². The van der Waals surface area contributed by atoms with Crippen LogP contribution in [-0.4, -0.2) is 38.3 Å². The molecule has 1 amide bonds. The van der Waals surface area contributed by atoms with Crippen LogP contribution >= 0.6 is 0 Å². The van der Waals surface area contributed by atoms with Gasteiger partial charge < -0.3 is 10.4 Å². The van der Waals surface area contributed by atoms with Crippen molar-refractivity contribution in [3.63, 3.8) is 0 Å². The average Bonchev–Trinajstić information content (AvgIpc) is 3.11. The number of benzene rings is 1. The van der Waals surface area contributed by atoms with Crippen molar-refractivity contribution in [1.29, 1.82) is 0 Å². The summed E-state index contributed by atoms with van der Waals surface area (Å²) in [5.74, 6) is -0.849. The Bertz CT molecular complexity index is 656. The van der Waals surface area contributed by atoms with Crippen molar-refractivity contribution >= 4 is 11.9 Å². The lowest BCUT2D eigenvalue weighted by molar-refractivity contribution is -0.137. The van der Waals surface area contributed by atoms with E-state index in [9.17, 15) is 9.59 Å². The first-order valence-corrected chi connectivity index (χ1v) is 8.12. The number of nitrogens with one attached hydrogen (secondary N) is 1. The van der Waals surface area contributed by atoms with Gasteiger partial charge in [0.25, 0.3) is 5.91 Å². The van der Waals surface area contributed by atoms with Gasteiger partial charge in [0.05, 0.1) is 5.69 Å².